The fraction of sp³-hybridized carbons (Fsp3) is 0.350. The third-order valence-electron chi connectivity index (χ3n) is 3.49. The number of carbonyl (C=O) groups excluding carboxylic acids is 1. The van der Waals surface area contributed by atoms with E-state index in [0.29, 0.717) is 32.1 Å². The van der Waals surface area contributed by atoms with Crippen LogP contribution in [-0.4, -0.2) is 24.9 Å². The summed E-state index contributed by atoms with van der Waals surface area (Å²) in [7, 11) is 0. The van der Waals surface area contributed by atoms with E-state index in [-0.39, 0.29) is 5.91 Å². The van der Waals surface area contributed by atoms with Crippen LogP contribution in [0.5, 0.6) is 5.75 Å². The molecule has 0 atom stereocenters. The van der Waals surface area contributed by atoms with Gasteiger partial charge in [0.2, 0.25) is 5.91 Å². The highest BCUT2D eigenvalue weighted by Gasteiger charge is 2.04. The lowest BCUT2D eigenvalue weighted by Gasteiger charge is -2.07. The molecule has 0 saturated carbocycles. The van der Waals surface area contributed by atoms with Crippen molar-refractivity contribution in [3.63, 3.8) is 0 Å². The monoisotopic (exact) mass is 359 g/mol. The van der Waals surface area contributed by atoms with Gasteiger partial charge in [-0.15, -0.1) is 11.8 Å². The molecule has 0 heterocycles. The molecule has 0 aromatic heterocycles. The number of nitrogens with one attached hydrogen (secondary N) is 1. The topological polar surface area (TPSA) is 47.6 Å². The van der Waals surface area contributed by atoms with Crippen LogP contribution in [0, 0.1) is 0 Å². The van der Waals surface area contributed by atoms with Gasteiger partial charge in [0.1, 0.15) is 5.75 Å². The Morgan fingerprint density at radius 2 is 1.64 bits per heavy atom. The van der Waals surface area contributed by atoms with E-state index >= 15 is 0 Å². The number of rotatable bonds is 10. The summed E-state index contributed by atoms with van der Waals surface area (Å²) in [6.45, 7) is 6.47. The maximum Gasteiger partial charge on any atom is 0.230 e. The van der Waals surface area contributed by atoms with Gasteiger partial charge in [-0.25, -0.2) is 0 Å². The Morgan fingerprint density at radius 3 is 2.28 bits per heavy atom. The number of ether oxygens (including phenoxy) is 2. The quantitative estimate of drug-likeness (QED) is 0.651. The van der Waals surface area contributed by atoms with Crippen molar-refractivity contribution >= 4 is 17.7 Å². The summed E-state index contributed by atoms with van der Waals surface area (Å²) in [5.41, 5.74) is 2.22. The Hall–Kier alpha value is -1.98. The first-order valence-electron chi connectivity index (χ1n) is 8.49. The highest BCUT2D eigenvalue weighted by atomic mass is 32.2. The smallest absolute Gasteiger partial charge is 0.230 e. The van der Waals surface area contributed by atoms with Gasteiger partial charge >= 0.3 is 0 Å². The molecule has 0 aliphatic rings. The first-order chi connectivity index (χ1) is 12.2. The Labute approximate surface area is 153 Å². The van der Waals surface area contributed by atoms with Crippen LogP contribution in [-0.2, 0) is 22.7 Å². The zero-order valence-corrected chi connectivity index (χ0v) is 15.6. The molecule has 2 aromatic rings. The molecule has 25 heavy (non-hydrogen) atoms. The summed E-state index contributed by atoms with van der Waals surface area (Å²) in [5, 5.41) is 2.95. The summed E-state index contributed by atoms with van der Waals surface area (Å²) in [6, 6.07) is 15.9. The normalized spacial score (nSPS) is 10.5. The van der Waals surface area contributed by atoms with Gasteiger partial charge < -0.3 is 14.8 Å². The fourth-order valence-electron chi connectivity index (χ4n) is 2.17. The minimum Gasteiger partial charge on any atom is -0.494 e. The van der Waals surface area contributed by atoms with Crippen LogP contribution in [0.25, 0.3) is 0 Å². The van der Waals surface area contributed by atoms with E-state index < -0.39 is 0 Å². The number of hydrogen-bond donors (Lipinski definition) is 1. The summed E-state index contributed by atoms with van der Waals surface area (Å²) < 4.78 is 10.8. The molecule has 2 aromatic carbocycles. The number of benzene rings is 2. The summed E-state index contributed by atoms with van der Waals surface area (Å²) in [6.07, 6.45) is 0. The molecule has 0 aliphatic carbocycles. The third kappa shape index (κ3) is 7.20. The third-order valence-corrected chi connectivity index (χ3v) is 4.50. The lowest BCUT2D eigenvalue weighted by atomic mass is 10.1. The van der Waals surface area contributed by atoms with E-state index in [1.807, 2.05) is 62.4 Å². The van der Waals surface area contributed by atoms with Crippen LogP contribution in [0.15, 0.2) is 53.4 Å². The SMILES string of the molecule is CCOCc1ccc(CNC(=O)CSc2ccc(OCC)cc2)cc1. The molecule has 4 nitrogen and oxygen atoms in total. The number of hydrogen-bond acceptors (Lipinski definition) is 4. The first-order valence-corrected chi connectivity index (χ1v) is 9.47. The second-order valence-corrected chi connectivity index (χ2v) is 6.47. The lowest BCUT2D eigenvalue weighted by Crippen LogP contribution is -2.24. The maximum atomic E-state index is 12.0. The highest BCUT2D eigenvalue weighted by molar-refractivity contribution is 8.00. The van der Waals surface area contributed by atoms with Crippen molar-refractivity contribution < 1.29 is 14.3 Å². The molecule has 5 heteroatoms. The molecule has 0 unspecified atom stereocenters. The largest absolute Gasteiger partial charge is 0.494 e. The zero-order valence-electron chi connectivity index (χ0n) is 14.8. The second-order valence-electron chi connectivity index (χ2n) is 5.42. The van der Waals surface area contributed by atoms with Crippen LogP contribution < -0.4 is 10.1 Å². The van der Waals surface area contributed by atoms with Gasteiger partial charge in [-0.05, 0) is 49.2 Å². The minimum absolute atomic E-state index is 0.0253. The van der Waals surface area contributed by atoms with Gasteiger partial charge in [-0.1, -0.05) is 24.3 Å². The molecule has 134 valence electrons. The number of amides is 1. The summed E-state index contributed by atoms with van der Waals surface area (Å²) in [5.74, 6) is 1.28. The van der Waals surface area contributed by atoms with Crippen LogP contribution >= 0.6 is 11.8 Å². The van der Waals surface area contributed by atoms with Crippen molar-refractivity contribution in [3.05, 3.63) is 59.7 Å². The van der Waals surface area contributed by atoms with Crippen LogP contribution in [0.2, 0.25) is 0 Å². The van der Waals surface area contributed by atoms with Crippen molar-refractivity contribution in [2.24, 2.45) is 0 Å². The Kier molecular flexibility index (Phi) is 8.35. The summed E-state index contributed by atoms with van der Waals surface area (Å²) >= 11 is 1.52. The van der Waals surface area contributed by atoms with Crippen LogP contribution in [0.3, 0.4) is 0 Å². The fourth-order valence-corrected chi connectivity index (χ4v) is 2.90. The van der Waals surface area contributed by atoms with Gasteiger partial charge in [0.05, 0.1) is 19.0 Å². The van der Waals surface area contributed by atoms with E-state index in [1.54, 1.807) is 0 Å². The molecule has 1 N–H and O–H groups in total. The van der Waals surface area contributed by atoms with Crippen molar-refractivity contribution in [3.8, 4) is 5.75 Å². The van der Waals surface area contributed by atoms with Crippen molar-refractivity contribution in [1.29, 1.82) is 0 Å². The van der Waals surface area contributed by atoms with E-state index in [0.717, 1.165) is 21.8 Å². The van der Waals surface area contributed by atoms with Gasteiger partial charge in [-0.3, -0.25) is 4.79 Å². The van der Waals surface area contributed by atoms with E-state index in [2.05, 4.69) is 5.32 Å². The average Bonchev–Trinajstić information content (AvgIpc) is 2.65. The van der Waals surface area contributed by atoms with E-state index in [4.69, 9.17) is 9.47 Å². The molecule has 0 saturated heterocycles. The standard InChI is InChI=1S/C20H25NO3S/c1-3-23-14-17-7-5-16(6-8-17)13-21-20(22)15-25-19-11-9-18(10-12-19)24-4-2/h5-12H,3-4,13-15H2,1-2H3,(H,21,22). The lowest BCUT2D eigenvalue weighted by molar-refractivity contribution is -0.118. The molecular formula is C20H25NO3S. The molecule has 2 rings (SSSR count). The van der Waals surface area contributed by atoms with Crippen LogP contribution in [0.4, 0.5) is 0 Å². The molecule has 0 radical (unpaired) electrons. The first kappa shape index (κ1) is 19.3. The van der Waals surface area contributed by atoms with Crippen molar-refractivity contribution in [2.75, 3.05) is 19.0 Å². The Balaban J connectivity index is 1.71. The van der Waals surface area contributed by atoms with Gasteiger partial charge in [0.25, 0.3) is 0 Å². The van der Waals surface area contributed by atoms with E-state index in [9.17, 15) is 4.79 Å². The van der Waals surface area contributed by atoms with E-state index in [1.165, 1.54) is 11.8 Å². The van der Waals surface area contributed by atoms with Crippen LogP contribution in [0.1, 0.15) is 25.0 Å². The molecule has 0 bridgehead atoms. The van der Waals surface area contributed by atoms with Gasteiger partial charge in [0.15, 0.2) is 0 Å². The maximum absolute atomic E-state index is 12.0. The molecule has 1 amide bonds. The highest BCUT2D eigenvalue weighted by Crippen LogP contribution is 2.21. The average molecular weight is 359 g/mol. The zero-order chi connectivity index (χ0) is 17.9. The predicted octanol–water partition coefficient (Wildman–Crippen LogP) is 4.03. The second kappa shape index (κ2) is 10.8. The Bertz CT molecular complexity index is 641. The number of thioether (sulfide) groups is 1. The van der Waals surface area contributed by atoms with Crippen molar-refractivity contribution in [1.82, 2.24) is 5.32 Å². The molecule has 0 fully saturated rings. The molecular weight excluding hydrogens is 334 g/mol. The minimum atomic E-state index is 0.0253. The predicted molar refractivity (Wildman–Crippen MR) is 102 cm³/mol. The molecule has 0 aliphatic heterocycles. The number of carbonyl (C=O) groups is 1. The van der Waals surface area contributed by atoms with Crippen molar-refractivity contribution in [2.45, 2.75) is 31.9 Å². The van der Waals surface area contributed by atoms with Gasteiger partial charge in [0, 0.05) is 18.0 Å². The van der Waals surface area contributed by atoms with Gasteiger partial charge in [-0.2, -0.15) is 0 Å². The Morgan fingerprint density at radius 1 is 0.960 bits per heavy atom. The molecule has 0 spiro atoms. The summed E-state index contributed by atoms with van der Waals surface area (Å²) in [4.78, 5) is 13.0.